The molecule has 4 heteroatoms. The fourth-order valence-electron chi connectivity index (χ4n) is 1.18. The Morgan fingerprint density at radius 1 is 1.56 bits per heavy atom. The number of carbonyl (C=O) groups is 1. The highest BCUT2D eigenvalue weighted by Crippen LogP contribution is 2.25. The van der Waals surface area contributed by atoms with Crippen molar-refractivity contribution in [2.24, 2.45) is 0 Å². The second-order valence-corrected chi connectivity index (χ2v) is 3.47. The first kappa shape index (κ1) is 12.1. The number of ether oxygens (including phenoxy) is 1. The molecule has 0 radical (unpaired) electrons. The third-order valence-corrected chi connectivity index (χ3v) is 2.08. The van der Waals surface area contributed by atoms with E-state index >= 15 is 0 Å². The van der Waals surface area contributed by atoms with Crippen molar-refractivity contribution in [1.29, 1.82) is 0 Å². The van der Waals surface area contributed by atoms with Crippen LogP contribution in [0.25, 0.3) is 0 Å². The molecule has 1 amide bonds. The SMILES string of the molecule is C=C(C)C(=O)NCc1ccc(OC)c(O)c1. The van der Waals surface area contributed by atoms with Gasteiger partial charge in [-0.25, -0.2) is 0 Å². The van der Waals surface area contributed by atoms with Crippen LogP contribution in [0.3, 0.4) is 0 Å². The number of nitrogens with one attached hydrogen (secondary N) is 1. The number of aromatic hydroxyl groups is 1. The molecular weight excluding hydrogens is 206 g/mol. The number of phenolic OH excluding ortho intramolecular Hbond substituents is 1. The maximum absolute atomic E-state index is 11.2. The first-order valence-electron chi connectivity index (χ1n) is 4.84. The highest BCUT2D eigenvalue weighted by molar-refractivity contribution is 5.92. The molecule has 16 heavy (non-hydrogen) atoms. The van der Waals surface area contributed by atoms with Gasteiger partial charge < -0.3 is 15.2 Å². The van der Waals surface area contributed by atoms with E-state index in [0.29, 0.717) is 17.9 Å². The van der Waals surface area contributed by atoms with Gasteiger partial charge in [-0.2, -0.15) is 0 Å². The predicted molar refractivity (Wildman–Crippen MR) is 61.3 cm³/mol. The number of benzene rings is 1. The zero-order valence-corrected chi connectivity index (χ0v) is 9.41. The Hall–Kier alpha value is -1.97. The Kier molecular flexibility index (Phi) is 3.94. The van der Waals surface area contributed by atoms with Crippen LogP contribution in [-0.2, 0) is 11.3 Å². The van der Waals surface area contributed by atoms with Gasteiger partial charge in [-0.05, 0) is 24.6 Å². The van der Waals surface area contributed by atoms with Gasteiger partial charge in [0.15, 0.2) is 11.5 Å². The van der Waals surface area contributed by atoms with Crippen LogP contribution in [0.1, 0.15) is 12.5 Å². The third kappa shape index (κ3) is 3.02. The van der Waals surface area contributed by atoms with E-state index in [9.17, 15) is 9.90 Å². The normalized spacial score (nSPS) is 9.62. The lowest BCUT2D eigenvalue weighted by Gasteiger charge is -2.07. The molecule has 0 saturated heterocycles. The number of hydrogen-bond donors (Lipinski definition) is 2. The fourth-order valence-corrected chi connectivity index (χ4v) is 1.18. The van der Waals surface area contributed by atoms with Gasteiger partial charge >= 0.3 is 0 Å². The smallest absolute Gasteiger partial charge is 0.246 e. The third-order valence-electron chi connectivity index (χ3n) is 2.08. The minimum Gasteiger partial charge on any atom is -0.504 e. The molecule has 0 heterocycles. The van der Waals surface area contributed by atoms with E-state index in [1.165, 1.54) is 7.11 Å². The van der Waals surface area contributed by atoms with Crippen LogP contribution >= 0.6 is 0 Å². The first-order valence-corrected chi connectivity index (χ1v) is 4.84. The minimum atomic E-state index is -0.199. The quantitative estimate of drug-likeness (QED) is 0.759. The van der Waals surface area contributed by atoms with Crippen molar-refractivity contribution in [3.8, 4) is 11.5 Å². The van der Waals surface area contributed by atoms with Crippen molar-refractivity contribution in [2.75, 3.05) is 7.11 Å². The number of hydrogen-bond acceptors (Lipinski definition) is 3. The summed E-state index contributed by atoms with van der Waals surface area (Å²) in [6.07, 6.45) is 0. The standard InChI is InChI=1S/C12H15NO3/c1-8(2)12(15)13-7-9-4-5-11(16-3)10(14)6-9/h4-6,14H,1,7H2,2-3H3,(H,13,15). The molecule has 2 N–H and O–H groups in total. The van der Waals surface area contributed by atoms with Crippen LogP contribution in [0, 0.1) is 0 Å². The van der Waals surface area contributed by atoms with Gasteiger partial charge in [-0.1, -0.05) is 12.6 Å². The topological polar surface area (TPSA) is 58.6 Å². The monoisotopic (exact) mass is 221 g/mol. The lowest BCUT2D eigenvalue weighted by molar-refractivity contribution is -0.117. The summed E-state index contributed by atoms with van der Waals surface area (Å²) in [5, 5.41) is 12.2. The Bertz CT molecular complexity index is 413. The molecule has 0 bridgehead atoms. The summed E-state index contributed by atoms with van der Waals surface area (Å²) in [5.74, 6) is 0.273. The Morgan fingerprint density at radius 3 is 2.75 bits per heavy atom. The fraction of sp³-hybridized carbons (Fsp3) is 0.250. The molecule has 0 unspecified atom stereocenters. The van der Waals surface area contributed by atoms with E-state index in [1.54, 1.807) is 25.1 Å². The molecule has 0 aliphatic rings. The van der Waals surface area contributed by atoms with Crippen molar-refractivity contribution in [3.63, 3.8) is 0 Å². The van der Waals surface area contributed by atoms with Crippen molar-refractivity contribution >= 4 is 5.91 Å². The van der Waals surface area contributed by atoms with E-state index in [-0.39, 0.29) is 11.7 Å². The molecule has 1 rings (SSSR count). The second-order valence-electron chi connectivity index (χ2n) is 3.47. The number of methoxy groups -OCH3 is 1. The molecule has 0 atom stereocenters. The molecule has 0 aromatic heterocycles. The summed E-state index contributed by atoms with van der Waals surface area (Å²) in [6, 6.07) is 4.98. The van der Waals surface area contributed by atoms with Crippen LogP contribution in [0.5, 0.6) is 11.5 Å². The minimum absolute atomic E-state index is 0.0598. The summed E-state index contributed by atoms with van der Waals surface area (Å²) in [4.78, 5) is 11.2. The summed E-state index contributed by atoms with van der Waals surface area (Å²) < 4.78 is 4.91. The van der Waals surface area contributed by atoms with Crippen molar-refractivity contribution < 1.29 is 14.6 Å². The van der Waals surface area contributed by atoms with Gasteiger partial charge in [-0.15, -0.1) is 0 Å². The summed E-state index contributed by atoms with van der Waals surface area (Å²) in [5.41, 5.74) is 1.26. The van der Waals surface area contributed by atoms with Crippen LogP contribution < -0.4 is 10.1 Å². The molecule has 1 aromatic rings. The number of carbonyl (C=O) groups excluding carboxylic acids is 1. The molecule has 0 spiro atoms. The van der Waals surface area contributed by atoms with E-state index in [0.717, 1.165) is 5.56 Å². The zero-order chi connectivity index (χ0) is 12.1. The van der Waals surface area contributed by atoms with Gasteiger partial charge in [0.25, 0.3) is 0 Å². The van der Waals surface area contributed by atoms with Gasteiger partial charge in [0, 0.05) is 12.1 Å². The zero-order valence-electron chi connectivity index (χ0n) is 9.41. The Labute approximate surface area is 94.6 Å². The maximum atomic E-state index is 11.2. The van der Waals surface area contributed by atoms with Crippen molar-refractivity contribution in [2.45, 2.75) is 13.5 Å². The average molecular weight is 221 g/mol. The van der Waals surface area contributed by atoms with E-state index in [1.807, 2.05) is 0 Å². The lowest BCUT2D eigenvalue weighted by Crippen LogP contribution is -2.22. The molecular formula is C12H15NO3. The molecule has 86 valence electrons. The summed E-state index contributed by atoms with van der Waals surface area (Å²) in [7, 11) is 1.48. The molecule has 0 fully saturated rings. The lowest BCUT2D eigenvalue weighted by atomic mass is 10.2. The summed E-state index contributed by atoms with van der Waals surface area (Å²) in [6.45, 7) is 5.52. The van der Waals surface area contributed by atoms with Crippen LogP contribution in [0.4, 0.5) is 0 Å². The molecule has 0 aliphatic heterocycles. The van der Waals surface area contributed by atoms with Crippen LogP contribution in [0.15, 0.2) is 30.4 Å². The second kappa shape index (κ2) is 5.21. The largest absolute Gasteiger partial charge is 0.504 e. The maximum Gasteiger partial charge on any atom is 0.246 e. The molecule has 4 nitrogen and oxygen atoms in total. The molecule has 0 aliphatic carbocycles. The van der Waals surface area contributed by atoms with Crippen LogP contribution in [-0.4, -0.2) is 18.1 Å². The Morgan fingerprint density at radius 2 is 2.25 bits per heavy atom. The van der Waals surface area contributed by atoms with E-state index in [4.69, 9.17) is 4.74 Å². The van der Waals surface area contributed by atoms with Gasteiger partial charge in [-0.3, -0.25) is 4.79 Å². The van der Waals surface area contributed by atoms with E-state index < -0.39 is 0 Å². The molecule has 0 saturated carbocycles. The summed E-state index contributed by atoms with van der Waals surface area (Å²) >= 11 is 0. The molecule has 1 aromatic carbocycles. The van der Waals surface area contributed by atoms with Crippen molar-refractivity contribution in [3.05, 3.63) is 35.9 Å². The van der Waals surface area contributed by atoms with Crippen molar-refractivity contribution in [1.82, 2.24) is 5.32 Å². The highest BCUT2D eigenvalue weighted by atomic mass is 16.5. The van der Waals surface area contributed by atoms with Gasteiger partial charge in [0.05, 0.1) is 7.11 Å². The number of rotatable bonds is 4. The highest BCUT2D eigenvalue weighted by Gasteiger charge is 2.04. The van der Waals surface area contributed by atoms with Gasteiger partial charge in [0.1, 0.15) is 0 Å². The van der Waals surface area contributed by atoms with Crippen LogP contribution in [0.2, 0.25) is 0 Å². The first-order chi connectivity index (χ1) is 7.54. The number of amides is 1. The Balaban J connectivity index is 2.65. The number of phenols is 1. The van der Waals surface area contributed by atoms with E-state index in [2.05, 4.69) is 11.9 Å². The predicted octanol–water partition coefficient (Wildman–Crippen LogP) is 1.59. The average Bonchev–Trinajstić information content (AvgIpc) is 2.25. The van der Waals surface area contributed by atoms with Gasteiger partial charge in [0.2, 0.25) is 5.91 Å².